The second kappa shape index (κ2) is 9.85. The summed E-state index contributed by atoms with van der Waals surface area (Å²) in [4.78, 5) is 16.4. The molecule has 34 heavy (non-hydrogen) atoms. The molecule has 0 bridgehead atoms. The number of oxazole rings is 1. The van der Waals surface area contributed by atoms with Gasteiger partial charge in [-0.2, -0.15) is 30.9 Å². The van der Waals surface area contributed by atoms with E-state index in [2.05, 4.69) is 10.3 Å². The first-order valence-corrected chi connectivity index (χ1v) is 11.6. The van der Waals surface area contributed by atoms with Crippen molar-refractivity contribution in [2.24, 2.45) is 0 Å². The van der Waals surface area contributed by atoms with Gasteiger partial charge in [0, 0.05) is 18.3 Å². The van der Waals surface area contributed by atoms with Gasteiger partial charge in [-0.05, 0) is 44.0 Å². The van der Waals surface area contributed by atoms with E-state index in [-0.39, 0.29) is 23.9 Å². The SMILES string of the molecule is Cc1ccc(C(F)(F)F)cc1Nc1nc(C(=O)NS(=O)(=O)N(Cc2ccccc2)C(C)C)co1. The summed E-state index contributed by atoms with van der Waals surface area (Å²) in [6.45, 7) is 4.96. The third-order valence-corrected chi connectivity index (χ3v) is 6.44. The molecule has 0 aliphatic heterocycles. The molecule has 0 saturated carbocycles. The van der Waals surface area contributed by atoms with Crippen LogP contribution in [0.1, 0.15) is 41.0 Å². The van der Waals surface area contributed by atoms with Gasteiger partial charge in [-0.25, -0.2) is 4.72 Å². The summed E-state index contributed by atoms with van der Waals surface area (Å²) >= 11 is 0. The molecule has 3 rings (SSSR count). The number of alkyl halides is 3. The van der Waals surface area contributed by atoms with E-state index in [0.29, 0.717) is 5.56 Å². The van der Waals surface area contributed by atoms with Crippen LogP contribution in [0.5, 0.6) is 0 Å². The largest absolute Gasteiger partial charge is 0.431 e. The Hall–Kier alpha value is -3.38. The fraction of sp³-hybridized carbons (Fsp3) is 0.273. The van der Waals surface area contributed by atoms with Crippen LogP contribution < -0.4 is 10.0 Å². The zero-order chi connectivity index (χ0) is 25.1. The Labute approximate surface area is 195 Å². The molecular weight excluding hydrogens is 473 g/mol. The summed E-state index contributed by atoms with van der Waals surface area (Å²) in [5.74, 6) is -1.05. The third-order valence-electron chi connectivity index (χ3n) is 4.83. The number of rotatable bonds is 8. The summed E-state index contributed by atoms with van der Waals surface area (Å²) in [6, 6.07) is 11.3. The molecule has 182 valence electrons. The van der Waals surface area contributed by atoms with Crippen LogP contribution in [0.2, 0.25) is 0 Å². The molecule has 12 heteroatoms. The highest BCUT2D eigenvalue weighted by Crippen LogP contribution is 2.33. The van der Waals surface area contributed by atoms with Crippen LogP contribution >= 0.6 is 0 Å². The van der Waals surface area contributed by atoms with Crippen molar-refractivity contribution in [2.45, 2.75) is 39.5 Å². The van der Waals surface area contributed by atoms with Crippen LogP contribution in [0.25, 0.3) is 0 Å². The molecule has 2 N–H and O–H groups in total. The molecule has 0 saturated heterocycles. The monoisotopic (exact) mass is 496 g/mol. The van der Waals surface area contributed by atoms with Gasteiger partial charge < -0.3 is 9.73 Å². The maximum absolute atomic E-state index is 13.0. The number of halogens is 3. The fourth-order valence-electron chi connectivity index (χ4n) is 3.02. The molecule has 3 aromatic rings. The van der Waals surface area contributed by atoms with E-state index in [1.807, 2.05) is 4.72 Å². The second-order valence-corrected chi connectivity index (χ2v) is 9.37. The number of nitrogens with zero attached hydrogens (tertiary/aromatic N) is 2. The van der Waals surface area contributed by atoms with Crippen molar-refractivity contribution in [3.05, 3.63) is 77.2 Å². The van der Waals surface area contributed by atoms with Gasteiger partial charge in [0.2, 0.25) is 0 Å². The molecule has 1 aromatic heterocycles. The Morgan fingerprint density at radius 1 is 1.15 bits per heavy atom. The lowest BCUT2D eigenvalue weighted by atomic mass is 10.1. The number of carbonyl (C=O) groups excluding carboxylic acids is 1. The minimum atomic E-state index is -4.54. The van der Waals surface area contributed by atoms with Crippen LogP contribution in [0, 0.1) is 6.92 Å². The number of aryl methyl sites for hydroxylation is 1. The molecule has 0 aliphatic rings. The first kappa shape index (κ1) is 25.2. The first-order valence-electron chi connectivity index (χ1n) is 10.1. The third kappa shape index (κ3) is 6.14. The molecule has 1 heterocycles. The van der Waals surface area contributed by atoms with E-state index >= 15 is 0 Å². The van der Waals surface area contributed by atoms with Crippen LogP contribution in [0.4, 0.5) is 24.9 Å². The minimum absolute atomic E-state index is 0.0432. The van der Waals surface area contributed by atoms with E-state index in [1.165, 1.54) is 6.07 Å². The van der Waals surface area contributed by atoms with E-state index in [4.69, 9.17) is 4.42 Å². The highest BCUT2D eigenvalue weighted by Gasteiger charge is 2.31. The number of benzene rings is 2. The molecular formula is C22H23F3N4O4S. The van der Waals surface area contributed by atoms with E-state index < -0.39 is 33.9 Å². The van der Waals surface area contributed by atoms with Crippen molar-refractivity contribution in [2.75, 3.05) is 5.32 Å². The molecule has 8 nitrogen and oxygen atoms in total. The predicted octanol–water partition coefficient (Wildman–Crippen LogP) is 4.63. The van der Waals surface area contributed by atoms with E-state index in [0.717, 1.165) is 28.3 Å². The van der Waals surface area contributed by atoms with Crippen LogP contribution in [0.15, 0.2) is 59.2 Å². The van der Waals surface area contributed by atoms with Crippen molar-refractivity contribution in [1.29, 1.82) is 0 Å². The molecule has 0 atom stereocenters. The Kier molecular flexibility index (Phi) is 7.32. The molecule has 0 fully saturated rings. The number of nitrogens with one attached hydrogen (secondary N) is 2. The highest BCUT2D eigenvalue weighted by atomic mass is 32.2. The topological polar surface area (TPSA) is 105 Å². The number of amides is 1. The zero-order valence-electron chi connectivity index (χ0n) is 18.6. The average Bonchev–Trinajstić information content (AvgIpc) is 3.22. The highest BCUT2D eigenvalue weighted by molar-refractivity contribution is 7.87. The van der Waals surface area contributed by atoms with Crippen molar-refractivity contribution < 1.29 is 30.8 Å². The second-order valence-electron chi connectivity index (χ2n) is 7.75. The van der Waals surface area contributed by atoms with Gasteiger partial charge >= 0.3 is 16.4 Å². The smallest absolute Gasteiger partial charge is 0.416 e. The van der Waals surface area contributed by atoms with Gasteiger partial charge in [0.25, 0.3) is 11.9 Å². The Bertz CT molecular complexity index is 1260. The fourth-order valence-corrected chi connectivity index (χ4v) is 4.35. The van der Waals surface area contributed by atoms with Crippen molar-refractivity contribution in [1.82, 2.24) is 14.0 Å². The van der Waals surface area contributed by atoms with E-state index in [1.54, 1.807) is 51.1 Å². The molecule has 2 aromatic carbocycles. The Morgan fingerprint density at radius 3 is 2.44 bits per heavy atom. The standard InChI is InChI=1S/C22H23F3N4O4S/c1-14(2)29(12-16-7-5-4-6-8-16)34(31,32)28-20(30)19-13-33-21(27-19)26-18-11-17(22(23,24)25)10-9-15(18)3/h4-11,13-14H,12H2,1-3H3,(H,26,27)(H,28,30). The van der Waals surface area contributed by atoms with Crippen molar-refractivity contribution in [3.63, 3.8) is 0 Å². The van der Waals surface area contributed by atoms with Gasteiger partial charge in [-0.1, -0.05) is 36.4 Å². The lowest BCUT2D eigenvalue weighted by molar-refractivity contribution is -0.137. The van der Waals surface area contributed by atoms with Crippen molar-refractivity contribution in [3.8, 4) is 0 Å². The normalized spacial score (nSPS) is 12.2. The quantitative estimate of drug-likeness (QED) is 0.471. The zero-order valence-corrected chi connectivity index (χ0v) is 19.4. The number of aromatic nitrogens is 1. The van der Waals surface area contributed by atoms with Crippen molar-refractivity contribution >= 4 is 27.8 Å². The van der Waals surface area contributed by atoms with Gasteiger partial charge in [-0.3, -0.25) is 4.79 Å². The molecule has 0 radical (unpaired) electrons. The predicted molar refractivity (Wildman–Crippen MR) is 119 cm³/mol. The van der Waals surface area contributed by atoms with Gasteiger partial charge in [0.1, 0.15) is 6.26 Å². The maximum Gasteiger partial charge on any atom is 0.416 e. The number of anilines is 2. The number of hydrogen-bond donors (Lipinski definition) is 2. The van der Waals surface area contributed by atoms with Crippen LogP contribution in [0.3, 0.4) is 0 Å². The Morgan fingerprint density at radius 2 is 1.82 bits per heavy atom. The van der Waals surface area contributed by atoms with Gasteiger partial charge in [0.15, 0.2) is 5.69 Å². The van der Waals surface area contributed by atoms with Crippen LogP contribution in [-0.4, -0.2) is 29.7 Å². The molecule has 0 aliphatic carbocycles. The lowest BCUT2D eigenvalue weighted by Gasteiger charge is -2.25. The summed E-state index contributed by atoms with van der Waals surface area (Å²) in [5.41, 5.74) is 0.0549. The summed E-state index contributed by atoms with van der Waals surface area (Å²) in [5, 5.41) is 2.58. The average molecular weight is 497 g/mol. The maximum atomic E-state index is 13.0. The van der Waals surface area contributed by atoms with E-state index in [9.17, 15) is 26.4 Å². The number of hydrogen-bond acceptors (Lipinski definition) is 6. The van der Waals surface area contributed by atoms with Crippen LogP contribution in [-0.2, 0) is 22.9 Å². The van der Waals surface area contributed by atoms with Gasteiger partial charge in [-0.15, -0.1) is 0 Å². The summed E-state index contributed by atoms with van der Waals surface area (Å²) in [7, 11) is -4.24. The lowest BCUT2D eigenvalue weighted by Crippen LogP contribution is -2.46. The first-order chi connectivity index (χ1) is 15.9. The molecule has 0 unspecified atom stereocenters. The van der Waals surface area contributed by atoms with Gasteiger partial charge in [0.05, 0.1) is 5.56 Å². The summed E-state index contributed by atoms with van der Waals surface area (Å²) < 4.78 is 72.8. The molecule has 0 spiro atoms. The summed E-state index contributed by atoms with van der Waals surface area (Å²) in [6.07, 6.45) is -3.63. The Balaban J connectivity index is 1.75. The minimum Gasteiger partial charge on any atom is -0.431 e. The number of carbonyl (C=O) groups is 1. The molecule has 1 amide bonds.